The SMILES string of the molecule is Cc1cc(C(C)C)nc(N(CCC#N)CC(C)C)n1. The Labute approximate surface area is 116 Å². The maximum Gasteiger partial charge on any atom is 0.225 e. The van der Waals surface area contributed by atoms with E-state index in [9.17, 15) is 0 Å². The molecule has 0 unspecified atom stereocenters. The largest absolute Gasteiger partial charge is 0.340 e. The van der Waals surface area contributed by atoms with Crippen molar-refractivity contribution < 1.29 is 0 Å². The molecule has 1 heterocycles. The van der Waals surface area contributed by atoms with Crippen molar-refractivity contribution >= 4 is 5.95 Å². The van der Waals surface area contributed by atoms with E-state index in [1.54, 1.807) is 0 Å². The fraction of sp³-hybridized carbons (Fsp3) is 0.667. The van der Waals surface area contributed by atoms with Gasteiger partial charge in [0.05, 0.1) is 12.5 Å². The van der Waals surface area contributed by atoms with Crippen LogP contribution in [-0.4, -0.2) is 23.1 Å². The smallest absolute Gasteiger partial charge is 0.225 e. The molecule has 0 atom stereocenters. The molecule has 0 fully saturated rings. The number of hydrogen-bond donors (Lipinski definition) is 0. The lowest BCUT2D eigenvalue weighted by Crippen LogP contribution is -2.30. The lowest BCUT2D eigenvalue weighted by molar-refractivity contribution is 0.599. The van der Waals surface area contributed by atoms with Crippen LogP contribution in [0.2, 0.25) is 0 Å². The topological polar surface area (TPSA) is 52.8 Å². The molecule has 0 aliphatic carbocycles. The second kappa shape index (κ2) is 7.08. The van der Waals surface area contributed by atoms with Crippen LogP contribution in [0.1, 0.15) is 51.4 Å². The summed E-state index contributed by atoms with van der Waals surface area (Å²) in [5.41, 5.74) is 2.05. The van der Waals surface area contributed by atoms with Crippen LogP contribution < -0.4 is 4.90 Å². The number of anilines is 1. The first-order valence-corrected chi connectivity index (χ1v) is 6.91. The standard InChI is InChI=1S/C15H24N4/c1-11(2)10-19(8-6-7-16)15-17-13(5)9-14(18-15)12(3)4/h9,11-12H,6,8,10H2,1-5H3. The third kappa shape index (κ3) is 4.86. The monoisotopic (exact) mass is 260 g/mol. The minimum Gasteiger partial charge on any atom is -0.340 e. The van der Waals surface area contributed by atoms with Crippen molar-refractivity contribution in [2.75, 3.05) is 18.0 Å². The van der Waals surface area contributed by atoms with Gasteiger partial charge in [0, 0.05) is 24.5 Å². The lowest BCUT2D eigenvalue weighted by Gasteiger charge is -2.24. The first-order valence-electron chi connectivity index (χ1n) is 6.91. The Balaban J connectivity index is 3.03. The summed E-state index contributed by atoms with van der Waals surface area (Å²) >= 11 is 0. The maximum atomic E-state index is 8.78. The van der Waals surface area contributed by atoms with Gasteiger partial charge < -0.3 is 4.90 Å². The Morgan fingerprint density at radius 3 is 2.47 bits per heavy atom. The van der Waals surface area contributed by atoms with Crippen molar-refractivity contribution in [3.8, 4) is 6.07 Å². The highest BCUT2D eigenvalue weighted by Gasteiger charge is 2.14. The molecule has 0 aliphatic rings. The molecule has 0 bridgehead atoms. The van der Waals surface area contributed by atoms with Crippen LogP contribution in [0.4, 0.5) is 5.95 Å². The molecule has 19 heavy (non-hydrogen) atoms. The summed E-state index contributed by atoms with van der Waals surface area (Å²) in [4.78, 5) is 11.3. The van der Waals surface area contributed by atoms with Gasteiger partial charge in [-0.25, -0.2) is 9.97 Å². The van der Waals surface area contributed by atoms with E-state index in [1.807, 2.05) is 13.0 Å². The van der Waals surface area contributed by atoms with Crippen LogP contribution >= 0.6 is 0 Å². The molecule has 0 radical (unpaired) electrons. The molecule has 104 valence electrons. The van der Waals surface area contributed by atoms with E-state index in [1.165, 1.54) is 0 Å². The summed E-state index contributed by atoms with van der Waals surface area (Å²) in [5.74, 6) is 1.66. The van der Waals surface area contributed by atoms with Crippen molar-refractivity contribution in [1.29, 1.82) is 5.26 Å². The highest BCUT2D eigenvalue weighted by molar-refractivity contribution is 5.33. The predicted octanol–water partition coefficient (Wildman–Crippen LogP) is 3.28. The van der Waals surface area contributed by atoms with Crippen molar-refractivity contribution in [3.05, 3.63) is 17.5 Å². The van der Waals surface area contributed by atoms with Gasteiger partial charge in [-0.15, -0.1) is 0 Å². The van der Waals surface area contributed by atoms with E-state index in [0.717, 1.165) is 23.9 Å². The van der Waals surface area contributed by atoms with E-state index < -0.39 is 0 Å². The number of rotatable bonds is 6. The van der Waals surface area contributed by atoms with Gasteiger partial charge in [-0.2, -0.15) is 5.26 Å². The maximum absolute atomic E-state index is 8.78. The molecule has 0 aliphatic heterocycles. The molecule has 4 nitrogen and oxygen atoms in total. The van der Waals surface area contributed by atoms with Crippen LogP contribution in [0.25, 0.3) is 0 Å². The minimum atomic E-state index is 0.386. The Morgan fingerprint density at radius 2 is 1.95 bits per heavy atom. The third-order valence-electron chi connectivity index (χ3n) is 2.82. The normalized spacial score (nSPS) is 10.8. The fourth-order valence-corrected chi connectivity index (χ4v) is 1.91. The number of aromatic nitrogens is 2. The predicted molar refractivity (Wildman–Crippen MR) is 78.1 cm³/mol. The molecular weight excluding hydrogens is 236 g/mol. The second-order valence-corrected chi connectivity index (χ2v) is 5.64. The van der Waals surface area contributed by atoms with Crippen LogP contribution in [-0.2, 0) is 0 Å². The number of hydrogen-bond acceptors (Lipinski definition) is 4. The first-order chi connectivity index (χ1) is 8.93. The van der Waals surface area contributed by atoms with Gasteiger partial charge in [-0.3, -0.25) is 0 Å². The van der Waals surface area contributed by atoms with Crippen molar-refractivity contribution in [2.24, 2.45) is 5.92 Å². The van der Waals surface area contributed by atoms with Crippen LogP contribution in [0.5, 0.6) is 0 Å². The molecule has 0 amide bonds. The average Bonchev–Trinajstić information content (AvgIpc) is 2.33. The molecule has 4 heteroatoms. The number of aryl methyl sites for hydroxylation is 1. The Bertz CT molecular complexity index is 446. The molecule has 0 spiro atoms. The first kappa shape index (κ1) is 15.4. The van der Waals surface area contributed by atoms with E-state index >= 15 is 0 Å². The van der Waals surface area contributed by atoms with Gasteiger partial charge in [0.2, 0.25) is 5.95 Å². The van der Waals surface area contributed by atoms with Crippen molar-refractivity contribution in [1.82, 2.24) is 9.97 Å². The van der Waals surface area contributed by atoms with Crippen molar-refractivity contribution in [3.63, 3.8) is 0 Å². The summed E-state index contributed by atoms with van der Waals surface area (Å²) in [6.45, 7) is 12.2. The second-order valence-electron chi connectivity index (χ2n) is 5.64. The summed E-state index contributed by atoms with van der Waals surface area (Å²) in [7, 11) is 0. The van der Waals surface area contributed by atoms with Gasteiger partial charge in [0.15, 0.2) is 0 Å². The zero-order chi connectivity index (χ0) is 14.4. The molecule has 1 aromatic rings. The summed E-state index contributed by atoms with van der Waals surface area (Å²) in [6.07, 6.45) is 0.501. The third-order valence-corrected chi connectivity index (χ3v) is 2.82. The molecule has 1 rings (SSSR count). The zero-order valence-electron chi connectivity index (χ0n) is 12.6. The van der Waals surface area contributed by atoms with E-state index in [4.69, 9.17) is 5.26 Å². The molecule has 1 aromatic heterocycles. The zero-order valence-corrected chi connectivity index (χ0v) is 12.6. The van der Waals surface area contributed by atoms with E-state index in [0.29, 0.717) is 24.8 Å². The average molecular weight is 260 g/mol. The molecule has 0 aromatic carbocycles. The molecular formula is C15H24N4. The lowest BCUT2D eigenvalue weighted by atomic mass is 10.1. The van der Waals surface area contributed by atoms with Crippen molar-refractivity contribution in [2.45, 2.75) is 47.0 Å². The van der Waals surface area contributed by atoms with E-state index in [2.05, 4.69) is 48.6 Å². The van der Waals surface area contributed by atoms with Gasteiger partial charge in [0.1, 0.15) is 0 Å². The minimum absolute atomic E-state index is 0.386. The highest BCUT2D eigenvalue weighted by Crippen LogP contribution is 2.18. The molecule has 0 saturated carbocycles. The van der Waals surface area contributed by atoms with Crippen LogP contribution in [0.3, 0.4) is 0 Å². The Hall–Kier alpha value is -1.63. The summed E-state index contributed by atoms with van der Waals surface area (Å²) in [5, 5.41) is 8.78. The molecule has 0 saturated heterocycles. The Kier molecular flexibility index (Phi) is 5.75. The van der Waals surface area contributed by atoms with E-state index in [-0.39, 0.29) is 0 Å². The van der Waals surface area contributed by atoms with Gasteiger partial charge in [-0.1, -0.05) is 27.7 Å². The highest BCUT2D eigenvalue weighted by atomic mass is 15.2. The summed E-state index contributed by atoms with van der Waals surface area (Å²) < 4.78 is 0. The van der Waals surface area contributed by atoms with Gasteiger partial charge in [-0.05, 0) is 24.8 Å². The number of nitriles is 1. The van der Waals surface area contributed by atoms with Crippen LogP contribution in [0.15, 0.2) is 6.07 Å². The Morgan fingerprint density at radius 1 is 1.26 bits per heavy atom. The number of nitrogens with zero attached hydrogens (tertiary/aromatic N) is 4. The quantitative estimate of drug-likeness (QED) is 0.787. The fourth-order valence-electron chi connectivity index (χ4n) is 1.91. The van der Waals surface area contributed by atoms with Crippen LogP contribution in [0, 0.1) is 24.2 Å². The summed E-state index contributed by atoms with van der Waals surface area (Å²) in [6, 6.07) is 4.23. The molecule has 0 N–H and O–H groups in total. The van der Waals surface area contributed by atoms with Gasteiger partial charge in [0.25, 0.3) is 0 Å². The van der Waals surface area contributed by atoms with Gasteiger partial charge >= 0.3 is 0 Å².